The summed E-state index contributed by atoms with van der Waals surface area (Å²) < 4.78 is 4.91. The number of nitrogens with zero attached hydrogens (tertiary/aromatic N) is 1. The number of hydrogen-bond donors (Lipinski definition) is 3. The molecule has 108 valence electrons. The van der Waals surface area contributed by atoms with Crippen LogP contribution < -0.4 is 11.1 Å². The topological polar surface area (TPSA) is 122 Å². The van der Waals surface area contributed by atoms with Gasteiger partial charge in [-0.05, 0) is 12.8 Å². The minimum absolute atomic E-state index is 0.123. The van der Waals surface area contributed by atoms with Crippen molar-refractivity contribution in [2.24, 2.45) is 5.73 Å². The van der Waals surface area contributed by atoms with Gasteiger partial charge in [0.05, 0.1) is 13.0 Å². The van der Waals surface area contributed by atoms with Crippen LogP contribution in [-0.4, -0.2) is 60.3 Å². The van der Waals surface area contributed by atoms with E-state index in [4.69, 9.17) is 15.6 Å². The fourth-order valence-electron chi connectivity index (χ4n) is 1.66. The van der Waals surface area contributed by atoms with E-state index in [1.54, 1.807) is 0 Å². The maximum absolute atomic E-state index is 12.0. The molecule has 4 N–H and O–H groups in total. The Labute approximate surface area is 110 Å². The van der Waals surface area contributed by atoms with Crippen LogP contribution in [-0.2, 0) is 14.3 Å². The molecule has 1 fully saturated rings. The molecule has 0 radical (unpaired) electrons. The highest BCUT2D eigenvalue weighted by Crippen LogP contribution is 2.26. The van der Waals surface area contributed by atoms with E-state index in [0.29, 0.717) is 13.2 Å². The highest BCUT2D eigenvalue weighted by molar-refractivity contribution is 5.87. The molecule has 0 spiro atoms. The van der Waals surface area contributed by atoms with E-state index in [-0.39, 0.29) is 6.04 Å². The van der Waals surface area contributed by atoms with Crippen molar-refractivity contribution in [3.63, 3.8) is 0 Å². The normalized spacial score (nSPS) is 15.6. The van der Waals surface area contributed by atoms with E-state index in [0.717, 1.165) is 12.8 Å². The molecule has 0 aromatic carbocycles. The smallest absolute Gasteiger partial charge is 0.326 e. The zero-order valence-corrected chi connectivity index (χ0v) is 10.8. The Morgan fingerprint density at radius 1 is 1.47 bits per heavy atom. The number of primary amides is 1. The van der Waals surface area contributed by atoms with Crippen LogP contribution in [0.3, 0.4) is 0 Å². The summed E-state index contributed by atoms with van der Waals surface area (Å²) in [6, 6.07) is -1.68. The number of aliphatic carboxylic acids is 1. The van der Waals surface area contributed by atoms with E-state index in [2.05, 4.69) is 5.32 Å². The van der Waals surface area contributed by atoms with Gasteiger partial charge in [0.2, 0.25) is 5.91 Å². The summed E-state index contributed by atoms with van der Waals surface area (Å²) in [4.78, 5) is 35.2. The van der Waals surface area contributed by atoms with Crippen LogP contribution in [0.4, 0.5) is 4.79 Å². The molecule has 1 unspecified atom stereocenters. The Balaban J connectivity index is 2.57. The third-order valence-electron chi connectivity index (χ3n) is 2.79. The standard InChI is InChI=1S/C11H19N3O5/c1-19-5-4-14(7-2-3-7)11(18)13-8(10(16)17)6-9(12)15/h7-8H,2-6H2,1H3,(H2,12,15)(H,13,18)(H,16,17). The summed E-state index contributed by atoms with van der Waals surface area (Å²) in [5.41, 5.74) is 4.95. The lowest BCUT2D eigenvalue weighted by Gasteiger charge is -2.24. The number of methoxy groups -OCH3 is 1. The Kier molecular flexibility index (Phi) is 5.56. The first kappa shape index (κ1) is 15.2. The van der Waals surface area contributed by atoms with Crippen LogP contribution in [0.5, 0.6) is 0 Å². The molecule has 0 heterocycles. The molecule has 0 aromatic heterocycles. The van der Waals surface area contributed by atoms with Crippen molar-refractivity contribution >= 4 is 17.9 Å². The number of carbonyl (C=O) groups excluding carboxylic acids is 2. The Morgan fingerprint density at radius 2 is 2.11 bits per heavy atom. The number of carboxylic acids is 1. The van der Waals surface area contributed by atoms with Gasteiger partial charge >= 0.3 is 12.0 Å². The second-order valence-electron chi connectivity index (χ2n) is 4.43. The van der Waals surface area contributed by atoms with Crippen molar-refractivity contribution in [3.05, 3.63) is 0 Å². The Morgan fingerprint density at radius 3 is 2.53 bits per heavy atom. The number of ether oxygens (including phenoxy) is 1. The van der Waals surface area contributed by atoms with Crippen LogP contribution in [0.15, 0.2) is 0 Å². The van der Waals surface area contributed by atoms with Gasteiger partial charge in [-0.15, -0.1) is 0 Å². The van der Waals surface area contributed by atoms with Crippen molar-refractivity contribution in [3.8, 4) is 0 Å². The van der Waals surface area contributed by atoms with E-state index in [1.165, 1.54) is 12.0 Å². The fraction of sp³-hybridized carbons (Fsp3) is 0.727. The van der Waals surface area contributed by atoms with Crippen LogP contribution >= 0.6 is 0 Å². The summed E-state index contributed by atoms with van der Waals surface area (Å²) in [5, 5.41) is 11.2. The molecule has 19 heavy (non-hydrogen) atoms. The maximum Gasteiger partial charge on any atom is 0.326 e. The van der Waals surface area contributed by atoms with Gasteiger partial charge in [0.1, 0.15) is 6.04 Å². The summed E-state index contributed by atoms with van der Waals surface area (Å²) in [5.74, 6) is -2.06. The van der Waals surface area contributed by atoms with Gasteiger partial charge in [-0.25, -0.2) is 9.59 Å². The number of nitrogens with one attached hydrogen (secondary N) is 1. The number of urea groups is 1. The number of rotatable bonds is 8. The third-order valence-corrected chi connectivity index (χ3v) is 2.79. The molecule has 1 aliphatic carbocycles. The lowest BCUT2D eigenvalue weighted by molar-refractivity contribution is -0.141. The van der Waals surface area contributed by atoms with Gasteiger partial charge in [0, 0.05) is 19.7 Å². The summed E-state index contributed by atoms with van der Waals surface area (Å²) in [7, 11) is 1.52. The number of nitrogens with two attached hydrogens (primary N) is 1. The van der Waals surface area contributed by atoms with E-state index >= 15 is 0 Å². The molecule has 0 aliphatic heterocycles. The molecule has 8 nitrogen and oxygen atoms in total. The quantitative estimate of drug-likeness (QED) is 0.531. The highest BCUT2D eigenvalue weighted by Gasteiger charge is 2.34. The van der Waals surface area contributed by atoms with Crippen LogP contribution in [0.1, 0.15) is 19.3 Å². The first-order chi connectivity index (χ1) is 8.95. The van der Waals surface area contributed by atoms with E-state index < -0.39 is 30.4 Å². The zero-order chi connectivity index (χ0) is 14.4. The molecule has 8 heteroatoms. The molecule has 0 bridgehead atoms. The van der Waals surface area contributed by atoms with E-state index in [9.17, 15) is 14.4 Å². The largest absolute Gasteiger partial charge is 0.480 e. The predicted octanol–water partition coefficient (Wildman–Crippen LogP) is -0.865. The summed E-state index contributed by atoms with van der Waals surface area (Å²) in [6.07, 6.45) is 1.36. The van der Waals surface area contributed by atoms with Crippen LogP contribution in [0, 0.1) is 0 Å². The van der Waals surface area contributed by atoms with Gasteiger partial charge < -0.3 is 25.8 Å². The second-order valence-corrected chi connectivity index (χ2v) is 4.43. The minimum Gasteiger partial charge on any atom is -0.480 e. The van der Waals surface area contributed by atoms with Gasteiger partial charge in [0.25, 0.3) is 0 Å². The fourth-order valence-corrected chi connectivity index (χ4v) is 1.66. The molecule has 1 atom stereocenters. The van der Waals surface area contributed by atoms with Gasteiger partial charge in [-0.3, -0.25) is 4.79 Å². The predicted molar refractivity (Wildman–Crippen MR) is 65.4 cm³/mol. The monoisotopic (exact) mass is 273 g/mol. The van der Waals surface area contributed by atoms with Crippen molar-refractivity contribution in [1.82, 2.24) is 10.2 Å². The maximum atomic E-state index is 12.0. The SMILES string of the molecule is COCCN(C(=O)NC(CC(N)=O)C(=O)O)C1CC1. The average molecular weight is 273 g/mol. The van der Waals surface area contributed by atoms with Crippen molar-refractivity contribution < 1.29 is 24.2 Å². The molecule has 1 rings (SSSR count). The first-order valence-corrected chi connectivity index (χ1v) is 6.03. The number of carboxylic acid groups (broad SMARTS) is 1. The number of amides is 3. The minimum atomic E-state index is -1.30. The summed E-state index contributed by atoms with van der Waals surface area (Å²) in [6.45, 7) is 0.757. The van der Waals surface area contributed by atoms with Gasteiger partial charge in [-0.2, -0.15) is 0 Å². The molecular weight excluding hydrogens is 254 g/mol. The summed E-state index contributed by atoms with van der Waals surface area (Å²) >= 11 is 0. The molecule has 3 amide bonds. The zero-order valence-electron chi connectivity index (χ0n) is 10.8. The average Bonchev–Trinajstić information content (AvgIpc) is 3.12. The third kappa shape index (κ3) is 5.12. The first-order valence-electron chi connectivity index (χ1n) is 6.03. The van der Waals surface area contributed by atoms with Gasteiger partial charge in [0.15, 0.2) is 0 Å². The second kappa shape index (κ2) is 6.93. The molecule has 0 saturated heterocycles. The lowest BCUT2D eigenvalue weighted by Crippen LogP contribution is -2.50. The number of carbonyl (C=O) groups is 3. The Bertz CT molecular complexity index is 356. The Hall–Kier alpha value is -1.83. The number of hydrogen-bond acceptors (Lipinski definition) is 4. The molecule has 1 aliphatic rings. The molecule has 1 saturated carbocycles. The van der Waals surface area contributed by atoms with E-state index in [1.807, 2.05) is 0 Å². The molecular formula is C11H19N3O5. The van der Waals surface area contributed by atoms with Gasteiger partial charge in [-0.1, -0.05) is 0 Å². The van der Waals surface area contributed by atoms with Crippen molar-refractivity contribution in [1.29, 1.82) is 0 Å². The van der Waals surface area contributed by atoms with Crippen LogP contribution in [0.25, 0.3) is 0 Å². The van der Waals surface area contributed by atoms with Crippen LogP contribution in [0.2, 0.25) is 0 Å². The van der Waals surface area contributed by atoms with Crippen molar-refractivity contribution in [2.45, 2.75) is 31.3 Å². The molecule has 0 aromatic rings. The lowest BCUT2D eigenvalue weighted by atomic mass is 10.2. The van der Waals surface area contributed by atoms with Crippen molar-refractivity contribution in [2.75, 3.05) is 20.3 Å². The highest BCUT2D eigenvalue weighted by atomic mass is 16.5.